The van der Waals surface area contributed by atoms with E-state index >= 15 is 0 Å². The minimum atomic E-state index is -1.36. The van der Waals surface area contributed by atoms with E-state index in [1.54, 1.807) is 0 Å². The van der Waals surface area contributed by atoms with Crippen LogP contribution in [0.2, 0.25) is 0 Å². The van der Waals surface area contributed by atoms with Gasteiger partial charge in [0.2, 0.25) is 0 Å². The molecule has 2 atom stereocenters. The van der Waals surface area contributed by atoms with Gasteiger partial charge in [-0.15, -0.1) is 0 Å². The molecule has 0 amide bonds. The Morgan fingerprint density at radius 2 is 2.33 bits per heavy atom. The fourth-order valence-corrected chi connectivity index (χ4v) is 1.30. The molecule has 9 nitrogen and oxygen atoms in total. The second kappa shape index (κ2) is 6.50. The fourth-order valence-electron chi connectivity index (χ4n) is 1.30. The summed E-state index contributed by atoms with van der Waals surface area (Å²) in [4.78, 5) is 16.2. The van der Waals surface area contributed by atoms with Gasteiger partial charge in [0.15, 0.2) is 0 Å². The van der Waals surface area contributed by atoms with Crippen molar-refractivity contribution in [1.82, 2.24) is 4.98 Å². The molecule has 1 aromatic rings. The van der Waals surface area contributed by atoms with Crippen LogP contribution >= 0.6 is 0 Å². The molecule has 0 fully saturated rings. The fraction of sp³-hybridized carbons (Fsp3) is 0.444. The lowest BCUT2D eigenvalue weighted by Gasteiger charge is -2.15. The van der Waals surface area contributed by atoms with Gasteiger partial charge in [0.25, 0.3) is 5.69 Å². The van der Waals surface area contributed by atoms with Crippen LogP contribution in [0.4, 0.5) is 5.69 Å². The van der Waals surface area contributed by atoms with E-state index in [-0.39, 0.29) is 24.3 Å². The molecule has 1 rings (SSSR count). The van der Waals surface area contributed by atoms with Gasteiger partial charge in [-0.1, -0.05) is 5.11 Å². The molecule has 96 valence electrons. The quantitative estimate of drug-likeness (QED) is 0.256. The first kappa shape index (κ1) is 13.8. The maximum absolute atomic E-state index is 10.5. The zero-order chi connectivity index (χ0) is 13.5. The average Bonchev–Trinajstić information content (AvgIpc) is 2.38. The van der Waals surface area contributed by atoms with Crippen molar-refractivity contribution in [3.63, 3.8) is 0 Å². The number of hydrogen-bond acceptors (Lipinski definition) is 6. The Kier molecular flexibility index (Phi) is 5.00. The molecule has 1 heterocycles. The number of aliphatic hydroxyl groups excluding tert-OH is 2. The zero-order valence-electron chi connectivity index (χ0n) is 9.25. The van der Waals surface area contributed by atoms with E-state index in [0.29, 0.717) is 0 Å². The van der Waals surface area contributed by atoms with E-state index in [2.05, 4.69) is 15.0 Å². The third-order valence-electron chi connectivity index (χ3n) is 2.23. The largest absolute Gasteiger partial charge is 0.390 e. The Bertz CT molecular complexity index is 474. The van der Waals surface area contributed by atoms with Crippen molar-refractivity contribution in [3.8, 4) is 0 Å². The van der Waals surface area contributed by atoms with Crippen molar-refractivity contribution in [2.75, 3.05) is 6.54 Å². The SMILES string of the molecule is [N-]=[N+]=NCCC(O)C(O)c1cc([N+](=O)[O-])ccn1. The molecule has 2 N–H and O–H groups in total. The van der Waals surface area contributed by atoms with Gasteiger partial charge in [0, 0.05) is 29.8 Å². The first-order valence-electron chi connectivity index (χ1n) is 5.03. The van der Waals surface area contributed by atoms with Gasteiger partial charge in [0.1, 0.15) is 6.10 Å². The van der Waals surface area contributed by atoms with E-state index < -0.39 is 17.1 Å². The molecular formula is C9H11N5O4. The summed E-state index contributed by atoms with van der Waals surface area (Å²) in [5.41, 5.74) is 7.84. The second-order valence-electron chi connectivity index (χ2n) is 3.45. The summed E-state index contributed by atoms with van der Waals surface area (Å²) in [7, 11) is 0. The number of azide groups is 1. The first-order chi connectivity index (χ1) is 8.56. The van der Waals surface area contributed by atoms with Gasteiger partial charge < -0.3 is 10.2 Å². The van der Waals surface area contributed by atoms with Crippen molar-refractivity contribution < 1.29 is 15.1 Å². The molecule has 0 saturated carbocycles. The third-order valence-corrected chi connectivity index (χ3v) is 2.23. The zero-order valence-corrected chi connectivity index (χ0v) is 9.25. The van der Waals surface area contributed by atoms with Crippen molar-refractivity contribution in [1.29, 1.82) is 0 Å². The van der Waals surface area contributed by atoms with Gasteiger partial charge in [-0.3, -0.25) is 15.1 Å². The van der Waals surface area contributed by atoms with E-state index in [0.717, 1.165) is 6.07 Å². The second-order valence-corrected chi connectivity index (χ2v) is 3.45. The van der Waals surface area contributed by atoms with Crippen LogP contribution in [-0.4, -0.2) is 32.8 Å². The summed E-state index contributed by atoms with van der Waals surface area (Å²) >= 11 is 0. The summed E-state index contributed by atoms with van der Waals surface area (Å²) in [6.07, 6.45) is -1.35. The lowest BCUT2D eigenvalue weighted by molar-refractivity contribution is -0.385. The number of nitro groups is 1. The highest BCUT2D eigenvalue weighted by atomic mass is 16.6. The predicted octanol–water partition coefficient (Wildman–Crippen LogP) is 1.08. The molecule has 0 radical (unpaired) electrons. The summed E-state index contributed by atoms with van der Waals surface area (Å²) in [5.74, 6) is 0. The molecule has 0 aliphatic carbocycles. The highest BCUT2D eigenvalue weighted by Crippen LogP contribution is 2.20. The third kappa shape index (κ3) is 3.67. The monoisotopic (exact) mass is 253 g/mol. The summed E-state index contributed by atoms with van der Waals surface area (Å²) in [6.45, 7) is 0.0175. The number of rotatable bonds is 6. The average molecular weight is 253 g/mol. The number of aliphatic hydroxyl groups is 2. The first-order valence-corrected chi connectivity index (χ1v) is 5.03. The molecular weight excluding hydrogens is 242 g/mol. The van der Waals surface area contributed by atoms with E-state index in [1.807, 2.05) is 0 Å². The Labute approximate surface area is 101 Å². The molecule has 0 spiro atoms. The molecule has 0 aromatic carbocycles. The summed E-state index contributed by atoms with van der Waals surface area (Å²) < 4.78 is 0. The minimum Gasteiger partial charge on any atom is -0.390 e. The van der Waals surface area contributed by atoms with Crippen LogP contribution in [0.15, 0.2) is 23.4 Å². The van der Waals surface area contributed by atoms with Gasteiger partial charge in [0.05, 0.1) is 16.7 Å². The molecule has 2 unspecified atom stereocenters. The lowest BCUT2D eigenvalue weighted by atomic mass is 10.1. The highest BCUT2D eigenvalue weighted by molar-refractivity contribution is 5.30. The molecule has 0 aliphatic heterocycles. The van der Waals surface area contributed by atoms with Crippen LogP contribution in [0.25, 0.3) is 10.4 Å². The summed E-state index contributed by atoms with van der Waals surface area (Å²) in [5, 5.41) is 33.1. The number of nitrogens with zero attached hydrogens (tertiary/aromatic N) is 5. The number of aromatic nitrogens is 1. The Hall–Kier alpha value is -2.22. The topological polar surface area (TPSA) is 145 Å². The van der Waals surface area contributed by atoms with Crippen molar-refractivity contribution in [2.24, 2.45) is 5.11 Å². The standard InChI is InChI=1S/C9H11N5O4/c10-13-12-4-2-8(15)9(16)7-5-6(14(17)18)1-3-11-7/h1,3,5,8-9,15-16H,2,4H2. The van der Waals surface area contributed by atoms with Crippen LogP contribution in [0.1, 0.15) is 18.2 Å². The van der Waals surface area contributed by atoms with Gasteiger partial charge >= 0.3 is 0 Å². The minimum absolute atomic E-state index is 0.00219. The van der Waals surface area contributed by atoms with Crippen LogP contribution in [0.3, 0.4) is 0 Å². The predicted molar refractivity (Wildman–Crippen MR) is 60.5 cm³/mol. The van der Waals surface area contributed by atoms with Crippen molar-refractivity contribution in [3.05, 3.63) is 44.6 Å². The van der Waals surface area contributed by atoms with E-state index in [4.69, 9.17) is 5.53 Å². The van der Waals surface area contributed by atoms with Crippen molar-refractivity contribution >= 4 is 5.69 Å². The van der Waals surface area contributed by atoms with Crippen LogP contribution < -0.4 is 0 Å². The Morgan fingerprint density at radius 1 is 1.61 bits per heavy atom. The Balaban J connectivity index is 2.76. The van der Waals surface area contributed by atoms with Crippen LogP contribution in [0, 0.1) is 10.1 Å². The lowest BCUT2D eigenvalue weighted by Crippen LogP contribution is -2.20. The van der Waals surface area contributed by atoms with Crippen molar-refractivity contribution in [2.45, 2.75) is 18.6 Å². The normalized spacial score (nSPS) is 13.4. The Morgan fingerprint density at radius 3 is 2.94 bits per heavy atom. The molecule has 1 aromatic heterocycles. The van der Waals surface area contributed by atoms with E-state index in [1.165, 1.54) is 12.3 Å². The molecule has 0 saturated heterocycles. The number of hydrogen-bond donors (Lipinski definition) is 2. The van der Waals surface area contributed by atoms with E-state index in [9.17, 15) is 20.3 Å². The molecule has 18 heavy (non-hydrogen) atoms. The van der Waals surface area contributed by atoms with Crippen LogP contribution in [-0.2, 0) is 0 Å². The number of pyridine rings is 1. The molecule has 9 heteroatoms. The smallest absolute Gasteiger partial charge is 0.272 e. The molecule has 0 aliphatic rings. The maximum atomic E-state index is 10.5. The summed E-state index contributed by atoms with van der Waals surface area (Å²) in [6, 6.07) is 2.27. The highest BCUT2D eigenvalue weighted by Gasteiger charge is 2.21. The molecule has 0 bridgehead atoms. The van der Waals surface area contributed by atoms with Gasteiger partial charge in [-0.25, -0.2) is 0 Å². The maximum Gasteiger partial charge on any atom is 0.272 e. The van der Waals surface area contributed by atoms with Gasteiger partial charge in [-0.05, 0) is 12.0 Å². The van der Waals surface area contributed by atoms with Gasteiger partial charge in [-0.2, -0.15) is 0 Å². The van der Waals surface area contributed by atoms with Crippen LogP contribution in [0.5, 0.6) is 0 Å².